The van der Waals surface area contributed by atoms with E-state index in [-0.39, 0.29) is 36.9 Å². The number of aryl methyl sites for hydroxylation is 1. The number of carbonyl (C=O) groups excluding carboxylic acids is 2. The molecule has 2 aromatic carbocycles. The molecule has 9 nitrogen and oxygen atoms in total. The number of esters is 1. The molecule has 41 heavy (non-hydrogen) atoms. The minimum Gasteiger partial charge on any atom is -0.466 e. The van der Waals surface area contributed by atoms with Crippen LogP contribution in [0.5, 0.6) is 0 Å². The van der Waals surface area contributed by atoms with E-state index in [1.54, 1.807) is 0 Å². The number of likely N-dealkylation sites (tertiary alicyclic amines) is 1. The van der Waals surface area contributed by atoms with Crippen molar-refractivity contribution >= 4 is 18.0 Å². The van der Waals surface area contributed by atoms with E-state index in [0.29, 0.717) is 51.2 Å². The lowest BCUT2D eigenvalue weighted by Crippen LogP contribution is -2.60. The number of hydrogen-bond acceptors (Lipinski definition) is 5. The Morgan fingerprint density at radius 3 is 2.22 bits per heavy atom. The van der Waals surface area contributed by atoms with Crippen LogP contribution in [-0.2, 0) is 9.53 Å². The van der Waals surface area contributed by atoms with Gasteiger partial charge in [-0.3, -0.25) is 9.59 Å². The molecule has 2 saturated heterocycles. The molecule has 1 aromatic heterocycles. The molecule has 0 radical (unpaired) electrons. The number of aromatic nitrogens is 1. The van der Waals surface area contributed by atoms with Gasteiger partial charge < -0.3 is 29.1 Å². The van der Waals surface area contributed by atoms with E-state index in [1.807, 2.05) is 85.5 Å². The first-order valence-electron chi connectivity index (χ1n) is 14.4. The number of ether oxygens (including phenoxy) is 1. The molecule has 9 heteroatoms. The number of rotatable bonds is 7. The van der Waals surface area contributed by atoms with Gasteiger partial charge in [0.2, 0.25) is 0 Å². The number of carbonyl (C=O) groups is 3. The van der Waals surface area contributed by atoms with Crippen LogP contribution >= 0.6 is 0 Å². The van der Waals surface area contributed by atoms with E-state index in [9.17, 15) is 19.5 Å². The van der Waals surface area contributed by atoms with E-state index in [2.05, 4.69) is 9.47 Å². The number of benzene rings is 2. The van der Waals surface area contributed by atoms with Crippen molar-refractivity contribution in [2.45, 2.75) is 32.7 Å². The SMILES string of the molecule is CCOC(=O)C1CCN(C[C@@H]2CN(C(=O)O)CCN2C(=O)c2cc(C)n(-c3ccccc3)c2-c2ccccc2)CC1. The maximum Gasteiger partial charge on any atom is 0.407 e. The van der Waals surface area contributed by atoms with Gasteiger partial charge in [-0.05, 0) is 63.5 Å². The molecule has 0 aliphatic carbocycles. The van der Waals surface area contributed by atoms with Crippen LogP contribution in [0.2, 0.25) is 0 Å². The van der Waals surface area contributed by atoms with Crippen LogP contribution in [0.15, 0.2) is 66.7 Å². The Hall–Kier alpha value is -4.11. The number of carboxylic acid groups (broad SMARTS) is 1. The molecule has 1 N–H and O–H groups in total. The number of piperidine rings is 1. The minimum absolute atomic E-state index is 0.0990. The van der Waals surface area contributed by atoms with Gasteiger partial charge in [0.25, 0.3) is 5.91 Å². The highest BCUT2D eigenvalue weighted by Crippen LogP contribution is 2.33. The smallest absolute Gasteiger partial charge is 0.407 e. The topological polar surface area (TPSA) is 95.3 Å². The first-order chi connectivity index (χ1) is 19.9. The Bertz CT molecular complexity index is 1370. The van der Waals surface area contributed by atoms with Crippen LogP contribution in [0.25, 0.3) is 16.9 Å². The molecule has 2 aliphatic rings. The molecule has 2 aliphatic heterocycles. The number of para-hydroxylation sites is 1. The lowest BCUT2D eigenvalue weighted by Gasteiger charge is -2.43. The molecule has 216 valence electrons. The molecule has 3 aromatic rings. The van der Waals surface area contributed by atoms with Gasteiger partial charge in [0.1, 0.15) is 0 Å². The zero-order valence-corrected chi connectivity index (χ0v) is 23.7. The quantitative estimate of drug-likeness (QED) is 0.428. The molecule has 5 rings (SSSR count). The molecule has 0 bridgehead atoms. The van der Waals surface area contributed by atoms with Crippen molar-refractivity contribution in [2.75, 3.05) is 45.9 Å². The van der Waals surface area contributed by atoms with Crippen LogP contribution in [0.4, 0.5) is 4.79 Å². The van der Waals surface area contributed by atoms with Crippen molar-refractivity contribution < 1.29 is 24.2 Å². The minimum atomic E-state index is -0.973. The highest BCUT2D eigenvalue weighted by molar-refractivity contribution is 6.01. The lowest BCUT2D eigenvalue weighted by molar-refractivity contribution is -0.149. The highest BCUT2D eigenvalue weighted by atomic mass is 16.5. The summed E-state index contributed by atoms with van der Waals surface area (Å²) in [6, 6.07) is 21.6. The van der Waals surface area contributed by atoms with Gasteiger partial charge in [-0.15, -0.1) is 0 Å². The maximum atomic E-state index is 14.4. The summed E-state index contributed by atoms with van der Waals surface area (Å²) in [6.45, 7) is 6.97. The van der Waals surface area contributed by atoms with Crippen molar-refractivity contribution in [1.29, 1.82) is 0 Å². The van der Waals surface area contributed by atoms with E-state index < -0.39 is 6.09 Å². The maximum absolute atomic E-state index is 14.4. The zero-order chi connectivity index (χ0) is 28.9. The van der Waals surface area contributed by atoms with Gasteiger partial charge in [0.15, 0.2) is 0 Å². The molecule has 3 heterocycles. The number of hydrogen-bond donors (Lipinski definition) is 1. The Balaban J connectivity index is 1.44. The van der Waals surface area contributed by atoms with E-state index >= 15 is 0 Å². The highest BCUT2D eigenvalue weighted by Gasteiger charge is 2.37. The Labute approximate surface area is 240 Å². The first-order valence-corrected chi connectivity index (χ1v) is 14.4. The summed E-state index contributed by atoms with van der Waals surface area (Å²) < 4.78 is 7.33. The van der Waals surface area contributed by atoms with Crippen LogP contribution in [0.3, 0.4) is 0 Å². The fourth-order valence-electron chi connectivity index (χ4n) is 6.11. The monoisotopic (exact) mass is 558 g/mol. The Morgan fingerprint density at radius 1 is 0.927 bits per heavy atom. The second-order valence-electron chi connectivity index (χ2n) is 10.8. The third-order valence-electron chi connectivity index (χ3n) is 8.17. The largest absolute Gasteiger partial charge is 0.466 e. The van der Waals surface area contributed by atoms with Gasteiger partial charge in [-0.2, -0.15) is 0 Å². The van der Waals surface area contributed by atoms with Gasteiger partial charge in [-0.25, -0.2) is 4.79 Å². The Kier molecular flexibility index (Phi) is 8.73. The van der Waals surface area contributed by atoms with Crippen molar-refractivity contribution in [3.8, 4) is 16.9 Å². The van der Waals surface area contributed by atoms with Crippen LogP contribution in [0.1, 0.15) is 35.8 Å². The fourth-order valence-corrected chi connectivity index (χ4v) is 6.11. The second kappa shape index (κ2) is 12.6. The number of nitrogens with zero attached hydrogens (tertiary/aromatic N) is 4. The number of amides is 2. The summed E-state index contributed by atoms with van der Waals surface area (Å²) in [7, 11) is 0. The third-order valence-corrected chi connectivity index (χ3v) is 8.17. The lowest BCUT2D eigenvalue weighted by atomic mass is 9.96. The predicted octanol–water partition coefficient (Wildman–Crippen LogP) is 4.53. The van der Waals surface area contributed by atoms with Crippen molar-refractivity contribution in [2.24, 2.45) is 5.92 Å². The molecule has 2 fully saturated rings. The summed E-state index contributed by atoms with van der Waals surface area (Å²) in [5.74, 6) is -0.358. The molecular formula is C32H38N4O5. The standard InChI is InChI=1S/C32H38N4O5/c1-3-41-31(38)25-14-16-33(17-15-25)21-27-22-34(32(39)40)18-19-35(27)30(37)28-20-23(2)36(26-12-8-5-9-13-26)29(28)24-10-6-4-7-11-24/h4-13,20,25,27H,3,14-19,21-22H2,1-2H3,(H,39,40)/t27-/m1/s1. The molecule has 2 amide bonds. The van der Waals surface area contributed by atoms with Gasteiger partial charge >= 0.3 is 12.1 Å². The summed E-state index contributed by atoms with van der Waals surface area (Å²) in [6.07, 6.45) is 0.415. The predicted molar refractivity (Wildman–Crippen MR) is 156 cm³/mol. The van der Waals surface area contributed by atoms with E-state index in [4.69, 9.17) is 4.74 Å². The molecule has 1 atom stereocenters. The van der Waals surface area contributed by atoms with E-state index in [1.165, 1.54) is 4.90 Å². The summed E-state index contributed by atoms with van der Waals surface area (Å²) in [4.78, 5) is 44.0. The normalized spacial score (nSPS) is 18.3. The van der Waals surface area contributed by atoms with Crippen LogP contribution in [-0.4, -0.2) is 94.3 Å². The van der Waals surface area contributed by atoms with Crippen LogP contribution in [0, 0.1) is 12.8 Å². The summed E-state index contributed by atoms with van der Waals surface area (Å²) in [5.41, 5.74) is 4.29. The Morgan fingerprint density at radius 2 is 1.59 bits per heavy atom. The van der Waals surface area contributed by atoms with Gasteiger partial charge in [-0.1, -0.05) is 48.5 Å². The van der Waals surface area contributed by atoms with Gasteiger partial charge in [0.05, 0.1) is 29.8 Å². The summed E-state index contributed by atoms with van der Waals surface area (Å²) in [5, 5.41) is 9.76. The fraction of sp³-hybridized carbons (Fsp3) is 0.406. The van der Waals surface area contributed by atoms with Crippen molar-refractivity contribution in [3.05, 3.63) is 78.0 Å². The summed E-state index contributed by atoms with van der Waals surface area (Å²) >= 11 is 0. The van der Waals surface area contributed by atoms with Crippen molar-refractivity contribution in [1.82, 2.24) is 19.3 Å². The molecule has 0 unspecified atom stereocenters. The molecule has 0 saturated carbocycles. The molecule has 0 spiro atoms. The van der Waals surface area contributed by atoms with Crippen LogP contribution < -0.4 is 0 Å². The average molecular weight is 559 g/mol. The van der Waals surface area contributed by atoms with Crippen molar-refractivity contribution in [3.63, 3.8) is 0 Å². The second-order valence-corrected chi connectivity index (χ2v) is 10.8. The van der Waals surface area contributed by atoms with Gasteiger partial charge in [0, 0.05) is 37.6 Å². The molecular weight excluding hydrogens is 520 g/mol. The first kappa shape index (κ1) is 28.4. The number of piperazine rings is 1. The average Bonchev–Trinajstić information content (AvgIpc) is 3.35. The zero-order valence-electron chi connectivity index (χ0n) is 23.7. The van der Waals surface area contributed by atoms with E-state index in [0.717, 1.165) is 22.6 Å². The third kappa shape index (κ3) is 6.15.